The van der Waals surface area contributed by atoms with Crippen LogP contribution < -0.4 is 5.32 Å². The largest absolute Gasteiger partial charge is 0.352 e. The smallest absolute Gasteiger partial charge is 0.243 e. The number of thioether (sulfide) groups is 1. The first kappa shape index (κ1) is 27.5. The summed E-state index contributed by atoms with van der Waals surface area (Å²) in [6.45, 7) is 6.53. The van der Waals surface area contributed by atoms with Gasteiger partial charge in [-0.3, -0.25) is 9.59 Å². The fraction of sp³-hybridized carbons (Fsp3) is 0.355. The molecule has 0 saturated carbocycles. The third-order valence-corrected chi connectivity index (χ3v) is 7.48. The van der Waals surface area contributed by atoms with Gasteiger partial charge in [0.2, 0.25) is 11.8 Å². The topological polar surface area (TPSA) is 49.4 Å². The zero-order chi connectivity index (χ0) is 25.8. The lowest BCUT2D eigenvalue weighted by Gasteiger charge is -2.33. The van der Waals surface area contributed by atoms with Crippen LogP contribution in [0.25, 0.3) is 0 Å². The Labute approximate surface area is 220 Å². The van der Waals surface area contributed by atoms with E-state index in [4.69, 9.17) is 0 Å². The van der Waals surface area contributed by atoms with Gasteiger partial charge in [0.15, 0.2) is 0 Å². The molecule has 0 radical (unpaired) electrons. The maximum absolute atomic E-state index is 13.7. The minimum Gasteiger partial charge on any atom is -0.352 e. The summed E-state index contributed by atoms with van der Waals surface area (Å²) in [5, 5.41) is 3.14. The molecule has 0 fully saturated rings. The Kier molecular flexibility index (Phi) is 11.1. The molecule has 0 bridgehead atoms. The molecule has 3 aromatic rings. The van der Waals surface area contributed by atoms with E-state index in [-0.39, 0.29) is 17.9 Å². The minimum atomic E-state index is -0.576. The van der Waals surface area contributed by atoms with E-state index in [1.807, 2.05) is 73.7 Å². The summed E-state index contributed by atoms with van der Waals surface area (Å²) in [4.78, 5) is 29.0. The van der Waals surface area contributed by atoms with Crippen LogP contribution in [0.1, 0.15) is 48.9 Å². The van der Waals surface area contributed by atoms with Crippen LogP contribution in [-0.4, -0.2) is 34.6 Å². The highest BCUT2D eigenvalue weighted by Gasteiger charge is 2.31. The van der Waals surface area contributed by atoms with Crippen LogP contribution in [0.5, 0.6) is 0 Å². The molecule has 3 rings (SSSR count). The quantitative estimate of drug-likeness (QED) is 0.284. The van der Waals surface area contributed by atoms with Crippen molar-refractivity contribution in [2.45, 2.75) is 64.4 Å². The van der Waals surface area contributed by atoms with Crippen molar-refractivity contribution in [1.29, 1.82) is 0 Å². The van der Waals surface area contributed by atoms with E-state index in [9.17, 15) is 9.59 Å². The van der Waals surface area contributed by atoms with Crippen molar-refractivity contribution in [2.75, 3.05) is 5.75 Å². The number of benzene rings is 3. The zero-order valence-corrected chi connectivity index (χ0v) is 22.5. The number of nitrogens with zero attached hydrogens (tertiary/aromatic N) is 1. The second-order valence-corrected chi connectivity index (χ2v) is 10.4. The maximum atomic E-state index is 13.7. The highest BCUT2D eigenvalue weighted by Crippen LogP contribution is 2.20. The molecule has 0 aliphatic heterocycles. The molecule has 0 aliphatic carbocycles. The van der Waals surface area contributed by atoms with Gasteiger partial charge in [0.1, 0.15) is 6.04 Å². The van der Waals surface area contributed by atoms with E-state index in [2.05, 4.69) is 37.4 Å². The first-order valence-corrected chi connectivity index (χ1v) is 13.9. The Balaban J connectivity index is 1.81. The highest BCUT2D eigenvalue weighted by atomic mass is 32.2. The summed E-state index contributed by atoms with van der Waals surface area (Å²) < 4.78 is 0. The summed E-state index contributed by atoms with van der Waals surface area (Å²) in [6, 6.07) is 27.8. The van der Waals surface area contributed by atoms with Crippen molar-refractivity contribution in [3.63, 3.8) is 0 Å². The van der Waals surface area contributed by atoms with Crippen molar-refractivity contribution in [1.82, 2.24) is 10.2 Å². The number of hydrogen-bond donors (Lipinski definition) is 1. The predicted molar refractivity (Wildman–Crippen MR) is 151 cm³/mol. The Morgan fingerprint density at radius 1 is 0.889 bits per heavy atom. The Morgan fingerprint density at radius 3 is 2.14 bits per heavy atom. The fourth-order valence-electron chi connectivity index (χ4n) is 4.03. The highest BCUT2D eigenvalue weighted by molar-refractivity contribution is 7.98. The molecule has 0 aliphatic rings. The van der Waals surface area contributed by atoms with Gasteiger partial charge in [-0.2, -0.15) is 11.8 Å². The molecule has 5 heteroatoms. The lowest BCUT2D eigenvalue weighted by Crippen LogP contribution is -2.52. The summed E-state index contributed by atoms with van der Waals surface area (Å²) in [6.07, 6.45) is 1.72. The van der Waals surface area contributed by atoms with Gasteiger partial charge in [0.25, 0.3) is 0 Å². The second kappa shape index (κ2) is 14.5. The van der Waals surface area contributed by atoms with Crippen LogP contribution in [0.4, 0.5) is 0 Å². The number of rotatable bonds is 13. The van der Waals surface area contributed by atoms with E-state index in [0.717, 1.165) is 28.9 Å². The molecule has 1 N–H and O–H groups in total. The van der Waals surface area contributed by atoms with Gasteiger partial charge in [0, 0.05) is 36.9 Å². The number of carbonyl (C=O) groups is 2. The first-order chi connectivity index (χ1) is 17.5. The van der Waals surface area contributed by atoms with E-state index < -0.39 is 6.04 Å². The van der Waals surface area contributed by atoms with Crippen molar-refractivity contribution < 1.29 is 9.59 Å². The molecule has 0 heterocycles. The third-order valence-electron chi connectivity index (χ3n) is 6.45. The van der Waals surface area contributed by atoms with E-state index in [0.29, 0.717) is 25.1 Å². The first-order valence-electron chi connectivity index (χ1n) is 12.8. The van der Waals surface area contributed by atoms with Crippen LogP contribution in [0.15, 0.2) is 84.9 Å². The molecule has 4 nitrogen and oxygen atoms in total. The molecule has 36 heavy (non-hydrogen) atoms. The normalized spacial score (nSPS) is 12.5. The van der Waals surface area contributed by atoms with Crippen LogP contribution in [0, 0.1) is 6.92 Å². The predicted octanol–water partition coefficient (Wildman–Crippen LogP) is 6.17. The average Bonchev–Trinajstić information content (AvgIpc) is 2.90. The summed E-state index contributed by atoms with van der Waals surface area (Å²) in [7, 11) is 0. The van der Waals surface area contributed by atoms with Crippen molar-refractivity contribution in [3.05, 3.63) is 107 Å². The number of carbonyl (C=O) groups excluding carboxylic acids is 2. The minimum absolute atomic E-state index is 0.0130. The van der Waals surface area contributed by atoms with Crippen LogP contribution >= 0.6 is 11.8 Å². The lowest BCUT2D eigenvalue weighted by molar-refractivity contribution is -0.141. The lowest BCUT2D eigenvalue weighted by atomic mass is 10.0. The molecule has 0 aromatic heterocycles. The molecule has 0 unspecified atom stereocenters. The van der Waals surface area contributed by atoms with Crippen LogP contribution in [0.3, 0.4) is 0 Å². The van der Waals surface area contributed by atoms with Crippen LogP contribution in [0.2, 0.25) is 0 Å². The molecule has 3 aromatic carbocycles. The summed E-state index contributed by atoms with van der Waals surface area (Å²) in [5.74, 6) is 1.50. The summed E-state index contributed by atoms with van der Waals surface area (Å²) in [5.41, 5.74) is 4.48. The number of hydrogen-bond acceptors (Lipinski definition) is 3. The molecule has 0 spiro atoms. The van der Waals surface area contributed by atoms with Gasteiger partial charge in [-0.25, -0.2) is 0 Å². The number of nitrogens with one attached hydrogen (secondary N) is 1. The maximum Gasteiger partial charge on any atom is 0.243 e. The van der Waals surface area contributed by atoms with Gasteiger partial charge in [-0.05, 0) is 42.5 Å². The Hall–Kier alpha value is -3.05. The molecule has 2 amide bonds. The standard InChI is InChI=1S/C31H38N2O2S/c1-4-25(3)32-31(35)29(21-26-14-7-5-8-15-26)33(22-28-18-12-11-13-24(28)2)30(34)19-20-36-23-27-16-9-6-10-17-27/h5-18,25,29H,4,19-23H2,1-3H3,(H,32,35)/t25-,29+/m1/s1. The third kappa shape index (κ3) is 8.56. The Morgan fingerprint density at radius 2 is 1.50 bits per heavy atom. The van der Waals surface area contributed by atoms with Crippen LogP contribution in [-0.2, 0) is 28.3 Å². The summed E-state index contributed by atoms with van der Waals surface area (Å²) >= 11 is 1.75. The van der Waals surface area contributed by atoms with E-state index in [1.54, 1.807) is 16.7 Å². The van der Waals surface area contributed by atoms with Gasteiger partial charge in [-0.1, -0.05) is 91.9 Å². The van der Waals surface area contributed by atoms with Crippen molar-refractivity contribution in [3.8, 4) is 0 Å². The monoisotopic (exact) mass is 502 g/mol. The molecule has 190 valence electrons. The zero-order valence-electron chi connectivity index (χ0n) is 21.7. The van der Waals surface area contributed by atoms with Gasteiger partial charge in [-0.15, -0.1) is 0 Å². The SMILES string of the molecule is CC[C@@H](C)NC(=O)[C@H](Cc1ccccc1)N(Cc1ccccc1C)C(=O)CCSCc1ccccc1. The molecular formula is C31H38N2O2S. The second-order valence-electron chi connectivity index (χ2n) is 9.26. The van der Waals surface area contributed by atoms with Crippen molar-refractivity contribution in [2.24, 2.45) is 0 Å². The molecule has 0 saturated heterocycles. The molecule has 2 atom stereocenters. The fourth-order valence-corrected chi connectivity index (χ4v) is 4.92. The van der Waals surface area contributed by atoms with Crippen molar-refractivity contribution >= 4 is 23.6 Å². The Bertz CT molecular complexity index is 1090. The van der Waals surface area contributed by atoms with E-state index >= 15 is 0 Å². The average molecular weight is 503 g/mol. The number of amides is 2. The van der Waals surface area contributed by atoms with Gasteiger partial charge < -0.3 is 10.2 Å². The van der Waals surface area contributed by atoms with Gasteiger partial charge >= 0.3 is 0 Å². The van der Waals surface area contributed by atoms with Gasteiger partial charge in [0.05, 0.1) is 0 Å². The van der Waals surface area contributed by atoms with E-state index in [1.165, 1.54) is 5.56 Å². The molecular weight excluding hydrogens is 464 g/mol. The number of aryl methyl sites for hydroxylation is 1.